The maximum atomic E-state index is 11.2. The number of halogens is 1. The average molecular weight is 494 g/mol. The van der Waals surface area contributed by atoms with Crippen LogP contribution in [-0.4, -0.2) is 64.5 Å². The molecule has 1 aliphatic heterocycles. The number of nitrogens with zero attached hydrogens (tertiary/aromatic N) is 2. The Labute approximate surface area is 174 Å². The molecule has 1 saturated heterocycles. The van der Waals surface area contributed by atoms with E-state index in [0.717, 1.165) is 19.6 Å². The summed E-state index contributed by atoms with van der Waals surface area (Å²) in [5.74, 6) is 0.908. The van der Waals surface area contributed by atoms with Crippen LogP contribution in [0.1, 0.15) is 30.9 Å². The summed E-state index contributed by atoms with van der Waals surface area (Å²) >= 11 is 0. The fourth-order valence-electron chi connectivity index (χ4n) is 3.14. The Morgan fingerprint density at radius 3 is 2.42 bits per heavy atom. The molecule has 1 aromatic carbocycles. The maximum absolute atomic E-state index is 11.2. The Balaban J connectivity index is 0.00000338. The highest BCUT2D eigenvalue weighted by molar-refractivity contribution is 14.0. The first-order valence-corrected chi connectivity index (χ1v) is 11.0. The van der Waals surface area contributed by atoms with Gasteiger partial charge < -0.3 is 10.6 Å². The summed E-state index contributed by atoms with van der Waals surface area (Å²) in [5, 5.41) is 6.59. The summed E-state index contributed by atoms with van der Waals surface area (Å²) in [4.78, 5) is 6.75. The summed E-state index contributed by atoms with van der Waals surface area (Å²) in [6, 6.07) is 10.9. The molecule has 0 aliphatic carbocycles. The largest absolute Gasteiger partial charge is 0.356 e. The molecule has 26 heavy (non-hydrogen) atoms. The van der Waals surface area contributed by atoms with Crippen LogP contribution in [0.25, 0.3) is 0 Å². The van der Waals surface area contributed by atoms with Crippen LogP contribution in [0.3, 0.4) is 0 Å². The van der Waals surface area contributed by atoms with Crippen molar-refractivity contribution in [3.63, 3.8) is 0 Å². The molecule has 1 unspecified atom stereocenters. The fourth-order valence-corrected chi connectivity index (χ4v) is 3.81. The molecule has 1 aromatic rings. The molecule has 0 aromatic heterocycles. The Bertz CT molecular complexity index is 646. The van der Waals surface area contributed by atoms with E-state index in [1.807, 2.05) is 6.07 Å². The van der Waals surface area contributed by atoms with Crippen LogP contribution in [0.4, 0.5) is 0 Å². The number of rotatable bonds is 8. The minimum Gasteiger partial charge on any atom is -0.356 e. The van der Waals surface area contributed by atoms with Crippen molar-refractivity contribution in [1.82, 2.24) is 15.5 Å². The lowest BCUT2D eigenvalue weighted by Crippen LogP contribution is -2.43. The topological polar surface area (TPSA) is 73.8 Å². The molecule has 0 amide bonds. The minimum absolute atomic E-state index is 0. The van der Waals surface area contributed by atoms with E-state index in [-0.39, 0.29) is 29.7 Å². The third kappa shape index (κ3) is 8.22. The highest BCUT2D eigenvalue weighted by Gasteiger charge is 2.23. The Kier molecular flexibility index (Phi) is 10.5. The normalized spacial score (nSPS) is 16.8. The molecule has 0 spiro atoms. The summed E-state index contributed by atoms with van der Waals surface area (Å²) in [5.41, 5.74) is 1.31. The summed E-state index contributed by atoms with van der Waals surface area (Å²) in [7, 11) is -1.17. The van der Waals surface area contributed by atoms with Gasteiger partial charge in [-0.2, -0.15) is 0 Å². The Morgan fingerprint density at radius 1 is 1.19 bits per heavy atom. The zero-order chi connectivity index (χ0) is 18.1. The third-order valence-electron chi connectivity index (χ3n) is 4.44. The van der Waals surface area contributed by atoms with E-state index in [2.05, 4.69) is 44.8 Å². The quantitative estimate of drug-likeness (QED) is 0.251. The highest BCUT2D eigenvalue weighted by atomic mass is 127. The van der Waals surface area contributed by atoms with Gasteiger partial charge in [0.15, 0.2) is 5.96 Å². The molecule has 2 rings (SSSR count). The van der Waals surface area contributed by atoms with Crippen molar-refractivity contribution in [3.05, 3.63) is 35.9 Å². The van der Waals surface area contributed by atoms with Gasteiger partial charge in [-0.3, -0.25) is 9.89 Å². The average Bonchev–Trinajstić information content (AvgIpc) is 3.11. The van der Waals surface area contributed by atoms with Crippen molar-refractivity contribution in [3.8, 4) is 0 Å². The predicted molar refractivity (Wildman–Crippen MR) is 119 cm³/mol. The monoisotopic (exact) mass is 494 g/mol. The zero-order valence-electron chi connectivity index (χ0n) is 15.6. The molecule has 1 aliphatic rings. The van der Waals surface area contributed by atoms with Gasteiger partial charge in [0.1, 0.15) is 9.84 Å². The second-order valence-electron chi connectivity index (χ2n) is 6.53. The van der Waals surface area contributed by atoms with Gasteiger partial charge in [-0.1, -0.05) is 30.3 Å². The van der Waals surface area contributed by atoms with E-state index < -0.39 is 9.84 Å². The van der Waals surface area contributed by atoms with Crippen molar-refractivity contribution in [1.29, 1.82) is 0 Å². The SMILES string of the molecule is CN=C(NCCCS(C)(=O)=O)NCC(c1ccccc1)N1CCCC1.I. The molecule has 8 heteroatoms. The fraction of sp³-hybridized carbons (Fsp3) is 0.611. The number of hydrogen-bond donors (Lipinski definition) is 2. The van der Waals surface area contributed by atoms with Gasteiger partial charge in [0.25, 0.3) is 0 Å². The first-order valence-electron chi connectivity index (χ1n) is 8.91. The van der Waals surface area contributed by atoms with E-state index in [0.29, 0.717) is 25.0 Å². The van der Waals surface area contributed by atoms with E-state index >= 15 is 0 Å². The van der Waals surface area contributed by atoms with Gasteiger partial charge >= 0.3 is 0 Å². The van der Waals surface area contributed by atoms with Crippen LogP contribution in [0.15, 0.2) is 35.3 Å². The first-order chi connectivity index (χ1) is 12.0. The van der Waals surface area contributed by atoms with E-state index in [4.69, 9.17) is 0 Å². The number of nitrogens with one attached hydrogen (secondary N) is 2. The maximum Gasteiger partial charge on any atom is 0.191 e. The number of guanidine groups is 1. The van der Waals surface area contributed by atoms with Crippen molar-refractivity contribution >= 4 is 39.8 Å². The van der Waals surface area contributed by atoms with Crippen molar-refractivity contribution in [2.24, 2.45) is 4.99 Å². The number of hydrogen-bond acceptors (Lipinski definition) is 4. The molecular weight excluding hydrogens is 463 g/mol. The van der Waals surface area contributed by atoms with Gasteiger partial charge in [0.05, 0.1) is 11.8 Å². The van der Waals surface area contributed by atoms with Crippen molar-refractivity contribution in [2.75, 3.05) is 45.2 Å². The van der Waals surface area contributed by atoms with Crippen molar-refractivity contribution < 1.29 is 8.42 Å². The second-order valence-corrected chi connectivity index (χ2v) is 8.79. The molecule has 0 radical (unpaired) electrons. The highest BCUT2D eigenvalue weighted by Crippen LogP contribution is 2.24. The molecule has 1 heterocycles. The van der Waals surface area contributed by atoms with Gasteiger partial charge in [-0.05, 0) is 37.9 Å². The summed E-state index contributed by atoms with van der Waals surface area (Å²) in [6.45, 7) is 3.62. The Hall–Kier alpha value is -0.870. The van der Waals surface area contributed by atoms with E-state index in [1.165, 1.54) is 24.7 Å². The second kappa shape index (κ2) is 11.8. The number of likely N-dealkylation sites (tertiary alicyclic amines) is 1. The molecular formula is C18H31IN4O2S. The van der Waals surface area contributed by atoms with Crippen LogP contribution in [0.5, 0.6) is 0 Å². The van der Waals surface area contributed by atoms with Crippen LogP contribution >= 0.6 is 24.0 Å². The lowest BCUT2D eigenvalue weighted by molar-refractivity contribution is 0.245. The van der Waals surface area contributed by atoms with E-state index in [1.54, 1.807) is 7.05 Å². The van der Waals surface area contributed by atoms with Crippen LogP contribution in [0.2, 0.25) is 0 Å². The first kappa shape index (κ1) is 23.2. The summed E-state index contributed by atoms with van der Waals surface area (Å²) < 4.78 is 22.4. The van der Waals surface area contributed by atoms with E-state index in [9.17, 15) is 8.42 Å². The van der Waals surface area contributed by atoms with Crippen LogP contribution in [0, 0.1) is 0 Å². The zero-order valence-corrected chi connectivity index (χ0v) is 18.8. The standard InChI is InChI=1S/C18H30N4O2S.HI/c1-19-18(20-11-8-14-25(2,23)24)21-15-17(22-12-6-7-13-22)16-9-4-3-5-10-16;/h3-5,9-10,17H,6-8,11-15H2,1-2H3,(H2,19,20,21);1H. The molecule has 148 valence electrons. The molecule has 2 N–H and O–H groups in total. The number of aliphatic imine (C=N–C) groups is 1. The predicted octanol–water partition coefficient (Wildman–Crippen LogP) is 2.04. The molecule has 1 fully saturated rings. The van der Waals surface area contributed by atoms with Crippen LogP contribution in [-0.2, 0) is 9.84 Å². The van der Waals surface area contributed by atoms with Crippen LogP contribution < -0.4 is 10.6 Å². The molecule has 1 atom stereocenters. The lowest BCUT2D eigenvalue weighted by Gasteiger charge is -2.29. The molecule has 6 nitrogen and oxygen atoms in total. The van der Waals surface area contributed by atoms with Gasteiger partial charge in [0.2, 0.25) is 0 Å². The van der Waals surface area contributed by atoms with Gasteiger partial charge in [-0.15, -0.1) is 24.0 Å². The van der Waals surface area contributed by atoms with Gasteiger partial charge in [-0.25, -0.2) is 8.42 Å². The number of benzene rings is 1. The van der Waals surface area contributed by atoms with Crippen molar-refractivity contribution in [2.45, 2.75) is 25.3 Å². The van der Waals surface area contributed by atoms with Gasteiger partial charge in [0, 0.05) is 26.4 Å². The molecule has 0 saturated carbocycles. The smallest absolute Gasteiger partial charge is 0.191 e. The Morgan fingerprint density at radius 2 is 1.85 bits per heavy atom. The minimum atomic E-state index is -2.91. The third-order valence-corrected chi connectivity index (χ3v) is 5.47. The summed E-state index contributed by atoms with van der Waals surface area (Å²) in [6.07, 6.45) is 4.35. The number of sulfone groups is 1. The molecule has 0 bridgehead atoms. The lowest BCUT2D eigenvalue weighted by atomic mass is 10.1.